The standard InChI is InChI=1S/C11H14BrNO/c12-10-1-2-11-8(3-4-14)6-13-7-9(11)5-10/h1-2,5,8,13-14H,3-4,6-7H2/t8-/m1/s1. The maximum Gasteiger partial charge on any atom is 0.0437 e. The molecular weight excluding hydrogens is 242 g/mol. The van der Waals surface area contributed by atoms with Crippen LogP contribution >= 0.6 is 15.9 Å². The first-order valence-electron chi connectivity index (χ1n) is 4.91. The lowest BCUT2D eigenvalue weighted by Crippen LogP contribution is -2.28. The molecule has 1 atom stereocenters. The molecule has 0 amide bonds. The van der Waals surface area contributed by atoms with E-state index < -0.39 is 0 Å². The average Bonchev–Trinajstić information content (AvgIpc) is 2.18. The lowest BCUT2D eigenvalue weighted by Gasteiger charge is -2.26. The van der Waals surface area contributed by atoms with Crippen molar-refractivity contribution in [2.45, 2.75) is 18.9 Å². The zero-order valence-electron chi connectivity index (χ0n) is 7.96. The Balaban J connectivity index is 2.30. The minimum atomic E-state index is 0.266. The van der Waals surface area contributed by atoms with Gasteiger partial charge in [0, 0.05) is 24.2 Å². The van der Waals surface area contributed by atoms with E-state index in [1.807, 2.05) is 0 Å². The molecule has 2 nitrogen and oxygen atoms in total. The first kappa shape index (κ1) is 10.1. The molecule has 3 heteroatoms. The van der Waals surface area contributed by atoms with Crippen LogP contribution in [0.4, 0.5) is 0 Å². The van der Waals surface area contributed by atoms with E-state index in [4.69, 9.17) is 5.11 Å². The van der Waals surface area contributed by atoms with Crippen LogP contribution in [0, 0.1) is 0 Å². The van der Waals surface area contributed by atoms with E-state index in [9.17, 15) is 0 Å². The van der Waals surface area contributed by atoms with Gasteiger partial charge in [0.2, 0.25) is 0 Å². The quantitative estimate of drug-likeness (QED) is 0.848. The van der Waals surface area contributed by atoms with Crippen molar-refractivity contribution >= 4 is 15.9 Å². The Hall–Kier alpha value is -0.380. The lowest BCUT2D eigenvalue weighted by molar-refractivity contribution is 0.271. The molecule has 1 heterocycles. The predicted molar refractivity (Wildman–Crippen MR) is 60.3 cm³/mol. The molecule has 0 unspecified atom stereocenters. The van der Waals surface area contributed by atoms with Crippen LogP contribution in [0.2, 0.25) is 0 Å². The van der Waals surface area contributed by atoms with Crippen molar-refractivity contribution in [1.82, 2.24) is 5.32 Å². The molecule has 1 aliphatic rings. The van der Waals surface area contributed by atoms with Gasteiger partial charge >= 0.3 is 0 Å². The topological polar surface area (TPSA) is 32.3 Å². The minimum absolute atomic E-state index is 0.266. The van der Waals surface area contributed by atoms with E-state index in [1.54, 1.807) is 0 Å². The van der Waals surface area contributed by atoms with Crippen LogP contribution in [0.25, 0.3) is 0 Å². The smallest absolute Gasteiger partial charge is 0.0437 e. The van der Waals surface area contributed by atoms with Gasteiger partial charge in [-0.2, -0.15) is 0 Å². The first-order valence-corrected chi connectivity index (χ1v) is 5.70. The van der Waals surface area contributed by atoms with Crippen LogP contribution in [0.3, 0.4) is 0 Å². The molecule has 0 saturated heterocycles. The van der Waals surface area contributed by atoms with Crippen molar-refractivity contribution in [3.63, 3.8) is 0 Å². The number of nitrogens with one attached hydrogen (secondary N) is 1. The third kappa shape index (κ3) is 2.00. The molecule has 1 aromatic rings. The summed E-state index contributed by atoms with van der Waals surface area (Å²) in [6.45, 7) is 2.19. The van der Waals surface area contributed by atoms with Crippen molar-refractivity contribution in [2.75, 3.05) is 13.2 Å². The fourth-order valence-electron chi connectivity index (χ4n) is 2.03. The van der Waals surface area contributed by atoms with Gasteiger partial charge in [0.05, 0.1) is 0 Å². The van der Waals surface area contributed by atoms with Gasteiger partial charge in [-0.15, -0.1) is 0 Å². The Morgan fingerprint density at radius 3 is 3.14 bits per heavy atom. The number of benzene rings is 1. The molecule has 76 valence electrons. The summed E-state index contributed by atoms with van der Waals surface area (Å²) in [7, 11) is 0. The van der Waals surface area contributed by atoms with Crippen molar-refractivity contribution < 1.29 is 5.11 Å². The average molecular weight is 256 g/mol. The summed E-state index contributed by atoms with van der Waals surface area (Å²) in [6.07, 6.45) is 0.849. The van der Waals surface area contributed by atoms with Gasteiger partial charge in [0.25, 0.3) is 0 Å². The molecule has 2 N–H and O–H groups in total. The van der Waals surface area contributed by atoms with Crippen molar-refractivity contribution in [2.24, 2.45) is 0 Å². The number of aliphatic hydroxyl groups excluding tert-OH is 1. The second-order valence-electron chi connectivity index (χ2n) is 3.68. The van der Waals surface area contributed by atoms with Gasteiger partial charge in [-0.05, 0) is 35.6 Å². The summed E-state index contributed by atoms with van der Waals surface area (Å²) in [5.41, 5.74) is 2.74. The first-order chi connectivity index (χ1) is 6.81. The predicted octanol–water partition coefficient (Wildman–Crippen LogP) is 2.02. The van der Waals surface area contributed by atoms with Crippen LogP contribution in [0.15, 0.2) is 22.7 Å². The van der Waals surface area contributed by atoms with E-state index in [2.05, 4.69) is 39.4 Å². The Morgan fingerprint density at radius 2 is 2.36 bits per heavy atom. The molecule has 1 aromatic carbocycles. The molecule has 0 aromatic heterocycles. The van der Waals surface area contributed by atoms with Crippen molar-refractivity contribution in [3.05, 3.63) is 33.8 Å². The lowest BCUT2D eigenvalue weighted by atomic mass is 9.89. The highest BCUT2D eigenvalue weighted by atomic mass is 79.9. The number of rotatable bonds is 2. The van der Waals surface area contributed by atoms with Gasteiger partial charge in [-0.1, -0.05) is 22.0 Å². The number of hydrogen-bond donors (Lipinski definition) is 2. The van der Waals surface area contributed by atoms with Gasteiger partial charge in [0.15, 0.2) is 0 Å². The third-order valence-electron chi connectivity index (χ3n) is 2.73. The van der Waals surface area contributed by atoms with Crippen LogP contribution in [-0.4, -0.2) is 18.3 Å². The zero-order chi connectivity index (χ0) is 9.97. The molecule has 14 heavy (non-hydrogen) atoms. The van der Waals surface area contributed by atoms with Crippen LogP contribution in [0.1, 0.15) is 23.5 Å². The SMILES string of the molecule is OCC[C@@H]1CNCc2cc(Br)ccc21. The summed E-state index contributed by atoms with van der Waals surface area (Å²) in [6, 6.07) is 6.40. The van der Waals surface area contributed by atoms with Gasteiger partial charge in [-0.25, -0.2) is 0 Å². The van der Waals surface area contributed by atoms with Gasteiger partial charge in [0.1, 0.15) is 0 Å². The Kier molecular flexibility index (Phi) is 3.21. The largest absolute Gasteiger partial charge is 0.396 e. The van der Waals surface area contributed by atoms with E-state index in [0.717, 1.165) is 24.0 Å². The fourth-order valence-corrected chi connectivity index (χ4v) is 2.44. The summed E-state index contributed by atoms with van der Waals surface area (Å²) in [5.74, 6) is 0.469. The summed E-state index contributed by atoms with van der Waals surface area (Å²) in [4.78, 5) is 0. The molecule has 0 saturated carbocycles. The van der Waals surface area contributed by atoms with E-state index >= 15 is 0 Å². The second kappa shape index (κ2) is 4.43. The molecule has 2 rings (SSSR count). The van der Waals surface area contributed by atoms with E-state index in [1.165, 1.54) is 11.1 Å². The third-order valence-corrected chi connectivity index (χ3v) is 3.22. The normalized spacial score (nSPS) is 20.6. The molecule has 0 fully saturated rings. The molecule has 0 radical (unpaired) electrons. The van der Waals surface area contributed by atoms with Crippen molar-refractivity contribution in [1.29, 1.82) is 0 Å². The number of fused-ring (bicyclic) bond motifs is 1. The number of aliphatic hydroxyl groups is 1. The summed E-state index contributed by atoms with van der Waals surface area (Å²) < 4.78 is 1.13. The van der Waals surface area contributed by atoms with Crippen LogP contribution in [-0.2, 0) is 6.54 Å². The zero-order valence-corrected chi connectivity index (χ0v) is 9.55. The molecule has 0 bridgehead atoms. The van der Waals surface area contributed by atoms with E-state index in [-0.39, 0.29) is 6.61 Å². The Bertz CT molecular complexity index is 327. The Labute approximate surface area is 92.5 Å². The van der Waals surface area contributed by atoms with Gasteiger partial charge < -0.3 is 10.4 Å². The molecule has 0 aliphatic carbocycles. The maximum atomic E-state index is 8.96. The van der Waals surface area contributed by atoms with Crippen LogP contribution in [0.5, 0.6) is 0 Å². The highest BCUT2D eigenvalue weighted by Crippen LogP contribution is 2.28. The summed E-state index contributed by atoms with van der Waals surface area (Å²) in [5, 5.41) is 12.3. The minimum Gasteiger partial charge on any atom is -0.396 e. The molecule has 1 aliphatic heterocycles. The van der Waals surface area contributed by atoms with Crippen molar-refractivity contribution in [3.8, 4) is 0 Å². The maximum absolute atomic E-state index is 8.96. The highest BCUT2D eigenvalue weighted by molar-refractivity contribution is 9.10. The molecule has 0 spiro atoms. The molecular formula is C11H14BrNO. The number of hydrogen-bond acceptors (Lipinski definition) is 2. The van der Waals surface area contributed by atoms with Crippen LogP contribution < -0.4 is 5.32 Å². The monoisotopic (exact) mass is 255 g/mol. The second-order valence-corrected chi connectivity index (χ2v) is 4.60. The van der Waals surface area contributed by atoms with E-state index in [0.29, 0.717) is 5.92 Å². The number of halogens is 1. The van der Waals surface area contributed by atoms with Gasteiger partial charge in [-0.3, -0.25) is 0 Å². The Morgan fingerprint density at radius 1 is 1.50 bits per heavy atom. The fraction of sp³-hybridized carbons (Fsp3) is 0.455. The summed E-state index contributed by atoms with van der Waals surface area (Å²) >= 11 is 3.47. The highest BCUT2D eigenvalue weighted by Gasteiger charge is 2.18.